The summed E-state index contributed by atoms with van der Waals surface area (Å²) >= 11 is 0. The average Bonchev–Trinajstić information content (AvgIpc) is 3.06. The summed E-state index contributed by atoms with van der Waals surface area (Å²) in [5, 5.41) is 0. The van der Waals surface area contributed by atoms with E-state index in [9.17, 15) is 8.42 Å². The maximum Gasteiger partial charge on any atom is 0.231 e. The lowest BCUT2D eigenvalue weighted by atomic mass is 10.2. The molecule has 2 aromatic carbocycles. The summed E-state index contributed by atoms with van der Waals surface area (Å²) in [4.78, 5) is 17.5. The molecule has 2 heterocycles. The van der Waals surface area contributed by atoms with Crippen LogP contribution in [0.15, 0.2) is 59.6 Å². The number of benzene rings is 2. The van der Waals surface area contributed by atoms with Crippen molar-refractivity contribution >= 4 is 50.0 Å². The molecule has 0 atom stereocenters. The zero-order valence-corrected chi connectivity index (χ0v) is 18.5. The third-order valence-corrected chi connectivity index (χ3v) is 6.34. The Balaban J connectivity index is 1.68. The monoisotopic (exact) mass is 437 g/mol. The van der Waals surface area contributed by atoms with Gasteiger partial charge in [-0.05, 0) is 42.5 Å². The first-order valence-electron chi connectivity index (χ1n) is 9.48. The van der Waals surface area contributed by atoms with Gasteiger partial charge in [0.1, 0.15) is 11.3 Å². The van der Waals surface area contributed by atoms with Gasteiger partial charge in [-0.2, -0.15) is 4.98 Å². The van der Waals surface area contributed by atoms with Gasteiger partial charge in [0.25, 0.3) is 0 Å². The van der Waals surface area contributed by atoms with Gasteiger partial charge in [0, 0.05) is 39.3 Å². The molecule has 4 rings (SSSR count). The summed E-state index contributed by atoms with van der Waals surface area (Å²) < 4.78 is 25.2. The number of rotatable bonds is 5. The molecule has 0 saturated heterocycles. The van der Waals surface area contributed by atoms with Crippen molar-refractivity contribution in [1.29, 1.82) is 0 Å². The number of imidazole rings is 1. The lowest BCUT2D eigenvalue weighted by Crippen LogP contribution is -2.17. The smallest absolute Gasteiger partial charge is 0.231 e. The second-order valence-electron chi connectivity index (χ2n) is 7.27. The van der Waals surface area contributed by atoms with Crippen molar-refractivity contribution in [3.05, 3.63) is 54.7 Å². The molecule has 31 heavy (non-hydrogen) atoms. The second kappa shape index (κ2) is 7.55. The fraction of sp³-hybridized carbons (Fsp3) is 0.190. The number of aryl methyl sites for hydroxylation is 1. The summed E-state index contributed by atoms with van der Waals surface area (Å²) in [5.74, 6) is 1.60. The van der Waals surface area contributed by atoms with Crippen molar-refractivity contribution in [3.63, 3.8) is 0 Å². The van der Waals surface area contributed by atoms with Gasteiger partial charge in [0.15, 0.2) is 9.84 Å². The summed E-state index contributed by atoms with van der Waals surface area (Å²) in [6.45, 7) is 0. The number of para-hydroxylation sites is 1. The van der Waals surface area contributed by atoms with E-state index in [0.717, 1.165) is 22.4 Å². The summed E-state index contributed by atoms with van der Waals surface area (Å²) in [6, 6.07) is 14.3. The van der Waals surface area contributed by atoms with Crippen molar-refractivity contribution in [3.8, 4) is 0 Å². The van der Waals surface area contributed by atoms with Crippen LogP contribution < -0.4 is 15.5 Å². The van der Waals surface area contributed by atoms with Crippen LogP contribution in [0.2, 0.25) is 0 Å². The molecule has 9 nitrogen and oxygen atoms in total. The molecule has 0 amide bonds. The largest absolute Gasteiger partial charge is 0.369 e. The number of aromatic nitrogens is 4. The Bertz CT molecular complexity index is 1360. The molecule has 2 aromatic heterocycles. The Kier molecular flexibility index (Phi) is 5.02. The fourth-order valence-corrected chi connectivity index (χ4v) is 3.96. The highest BCUT2D eigenvalue weighted by atomic mass is 32.2. The van der Waals surface area contributed by atoms with Crippen LogP contribution in [0.4, 0.5) is 29.1 Å². The third kappa shape index (κ3) is 3.77. The Hall–Kier alpha value is -3.66. The van der Waals surface area contributed by atoms with Gasteiger partial charge in [-0.15, -0.1) is 0 Å². The van der Waals surface area contributed by atoms with Crippen molar-refractivity contribution in [2.75, 3.05) is 35.9 Å². The lowest BCUT2D eigenvalue weighted by Gasteiger charge is -2.22. The molecule has 2 N–H and O–H groups in total. The molecule has 0 saturated carbocycles. The first-order chi connectivity index (χ1) is 14.7. The number of nitrogens with zero attached hydrogens (tertiary/aromatic N) is 6. The van der Waals surface area contributed by atoms with Gasteiger partial charge in [-0.1, -0.05) is 6.07 Å². The van der Waals surface area contributed by atoms with Crippen LogP contribution in [0.25, 0.3) is 11.0 Å². The van der Waals surface area contributed by atoms with E-state index in [1.54, 1.807) is 35.4 Å². The quantitative estimate of drug-likeness (QED) is 0.507. The van der Waals surface area contributed by atoms with Crippen LogP contribution in [0.5, 0.6) is 0 Å². The Morgan fingerprint density at radius 2 is 1.68 bits per heavy atom. The molecule has 0 unspecified atom stereocenters. The molecule has 0 aliphatic heterocycles. The zero-order chi connectivity index (χ0) is 22.3. The molecule has 0 aliphatic carbocycles. The van der Waals surface area contributed by atoms with Gasteiger partial charge in [0.2, 0.25) is 11.9 Å². The van der Waals surface area contributed by atoms with E-state index in [1.807, 2.05) is 54.9 Å². The van der Waals surface area contributed by atoms with E-state index in [4.69, 9.17) is 5.73 Å². The van der Waals surface area contributed by atoms with Gasteiger partial charge < -0.3 is 20.1 Å². The Morgan fingerprint density at radius 1 is 0.968 bits per heavy atom. The van der Waals surface area contributed by atoms with Crippen LogP contribution in [-0.4, -0.2) is 48.3 Å². The molecule has 0 bridgehead atoms. The second-order valence-corrected chi connectivity index (χ2v) is 9.29. The highest BCUT2D eigenvalue weighted by molar-refractivity contribution is 7.90. The maximum absolute atomic E-state index is 11.7. The Morgan fingerprint density at radius 3 is 2.35 bits per heavy atom. The number of fused-ring (bicyclic) bond motifs is 1. The number of nitrogen functional groups attached to an aromatic ring is 1. The predicted molar refractivity (Wildman–Crippen MR) is 123 cm³/mol. The normalized spacial score (nSPS) is 11.6. The molecule has 0 spiro atoms. The minimum absolute atomic E-state index is 0.266. The molecule has 160 valence electrons. The summed E-state index contributed by atoms with van der Waals surface area (Å²) in [7, 11) is 2.36. The Labute approximate surface area is 180 Å². The van der Waals surface area contributed by atoms with Crippen LogP contribution in [0.3, 0.4) is 0 Å². The topological polar surface area (TPSA) is 110 Å². The fourth-order valence-electron chi connectivity index (χ4n) is 3.33. The molecule has 0 fully saturated rings. The van der Waals surface area contributed by atoms with E-state index in [1.165, 1.54) is 6.26 Å². The van der Waals surface area contributed by atoms with Gasteiger partial charge >= 0.3 is 0 Å². The number of anilines is 5. The first kappa shape index (κ1) is 20.6. The molecule has 0 radical (unpaired) electrons. The third-order valence-electron chi connectivity index (χ3n) is 5.21. The molecule has 10 heteroatoms. The van der Waals surface area contributed by atoms with E-state index in [2.05, 4.69) is 15.0 Å². The highest BCUT2D eigenvalue weighted by Gasteiger charge is 2.16. The minimum Gasteiger partial charge on any atom is -0.369 e. The van der Waals surface area contributed by atoms with E-state index in [0.29, 0.717) is 17.7 Å². The van der Waals surface area contributed by atoms with E-state index >= 15 is 0 Å². The molecule has 4 aromatic rings. The summed E-state index contributed by atoms with van der Waals surface area (Å²) in [6.07, 6.45) is 2.87. The van der Waals surface area contributed by atoms with Crippen molar-refractivity contribution in [1.82, 2.24) is 19.5 Å². The SMILES string of the molecule is CN(c1ccc(S(C)(=O)=O)cc1)c1nccc(N(C)c2cccc3c2nc(N)n3C)n1. The summed E-state index contributed by atoms with van der Waals surface area (Å²) in [5.41, 5.74) is 9.35. The number of hydrogen-bond donors (Lipinski definition) is 1. The van der Waals surface area contributed by atoms with Crippen molar-refractivity contribution in [2.45, 2.75) is 4.90 Å². The van der Waals surface area contributed by atoms with Gasteiger partial charge in [0.05, 0.1) is 16.1 Å². The zero-order valence-electron chi connectivity index (χ0n) is 17.7. The maximum atomic E-state index is 11.7. The van der Waals surface area contributed by atoms with Crippen molar-refractivity contribution in [2.24, 2.45) is 7.05 Å². The van der Waals surface area contributed by atoms with Crippen LogP contribution in [-0.2, 0) is 16.9 Å². The minimum atomic E-state index is -3.25. The van der Waals surface area contributed by atoms with Gasteiger partial charge in [-0.3, -0.25) is 0 Å². The first-order valence-corrected chi connectivity index (χ1v) is 11.4. The van der Waals surface area contributed by atoms with Crippen LogP contribution in [0, 0.1) is 0 Å². The average molecular weight is 438 g/mol. The number of nitrogens with two attached hydrogens (primary N) is 1. The predicted octanol–water partition coefficient (Wildman–Crippen LogP) is 2.88. The molecular weight excluding hydrogens is 414 g/mol. The molecular formula is C21H23N7O2S. The van der Waals surface area contributed by atoms with Crippen LogP contribution >= 0.6 is 0 Å². The lowest BCUT2D eigenvalue weighted by molar-refractivity contribution is 0.602. The van der Waals surface area contributed by atoms with E-state index < -0.39 is 9.84 Å². The van der Waals surface area contributed by atoms with Gasteiger partial charge in [-0.25, -0.2) is 18.4 Å². The highest BCUT2D eigenvalue weighted by Crippen LogP contribution is 2.31. The standard InChI is InChI=1S/C21H23N7O2S/c1-26(14-8-10-15(11-9-14)31(4,29)30)21-23-13-12-18(24-21)27(2)16-6-5-7-17-19(16)25-20(22)28(17)3/h5-13H,1-4H3,(H2,22,25). The number of hydrogen-bond acceptors (Lipinski definition) is 8. The molecule has 0 aliphatic rings. The van der Waals surface area contributed by atoms with Crippen LogP contribution in [0.1, 0.15) is 0 Å². The van der Waals surface area contributed by atoms with E-state index in [-0.39, 0.29) is 4.90 Å². The number of sulfone groups is 1. The van der Waals surface area contributed by atoms with Crippen molar-refractivity contribution < 1.29 is 8.42 Å².